The molecule has 6 heteroatoms. The van der Waals surface area contributed by atoms with Crippen molar-refractivity contribution in [3.8, 4) is 0 Å². The van der Waals surface area contributed by atoms with Crippen LogP contribution in [0, 0.1) is 5.92 Å². The molecule has 0 aromatic rings. The number of rotatable bonds is 1. The second kappa shape index (κ2) is 6.05. The van der Waals surface area contributed by atoms with Crippen LogP contribution in [0.4, 0.5) is 13.2 Å². The average Bonchev–Trinajstić information content (AvgIpc) is 2.63. The molecule has 21 heavy (non-hydrogen) atoms. The molecule has 1 N–H and O–H groups in total. The fourth-order valence-electron chi connectivity index (χ4n) is 4.37. The Morgan fingerprint density at radius 3 is 2.33 bits per heavy atom. The molecular formula is C15H26F3N3. The lowest BCUT2D eigenvalue weighted by atomic mass is 9.81. The Morgan fingerprint density at radius 2 is 1.71 bits per heavy atom. The van der Waals surface area contributed by atoms with Crippen LogP contribution in [0.3, 0.4) is 0 Å². The van der Waals surface area contributed by atoms with Crippen molar-refractivity contribution in [2.45, 2.75) is 56.4 Å². The summed E-state index contributed by atoms with van der Waals surface area (Å²) in [6.07, 6.45) is 1.68. The van der Waals surface area contributed by atoms with Crippen LogP contribution in [0.5, 0.6) is 0 Å². The monoisotopic (exact) mass is 305 g/mol. The molecule has 3 saturated heterocycles. The second-order valence-corrected chi connectivity index (χ2v) is 6.97. The van der Waals surface area contributed by atoms with Crippen LogP contribution in [-0.4, -0.2) is 67.3 Å². The van der Waals surface area contributed by atoms with Crippen molar-refractivity contribution in [1.29, 1.82) is 0 Å². The lowest BCUT2D eigenvalue weighted by Gasteiger charge is -2.50. The fourth-order valence-corrected chi connectivity index (χ4v) is 4.37. The molecule has 0 radical (unpaired) electrons. The number of halogens is 3. The van der Waals surface area contributed by atoms with Crippen molar-refractivity contribution in [2.75, 3.05) is 33.2 Å². The van der Waals surface area contributed by atoms with E-state index in [4.69, 9.17) is 0 Å². The molecule has 0 aliphatic carbocycles. The van der Waals surface area contributed by atoms with Gasteiger partial charge < -0.3 is 10.2 Å². The van der Waals surface area contributed by atoms with Crippen LogP contribution in [0.2, 0.25) is 0 Å². The van der Waals surface area contributed by atoms with Gasteiger partial charge in [-0.1, -0.05) is 6.42 Å². The van der Waals surface area contributed by atoms with Crippen molar-refractivity contribution < 1.29 is 13.2 Å². The van der Waals surface area contributed by atoms with Gasteiger partial charge in [0.1, 0.15) is 0 Å². The molecule has 3 heterocycles. The summed E-state index contributed by atoms with van der Waals surface area (Å²) >= 11 is 0. The molecule has 3 fully saturated rings. The molecule has 0 amide bonds. The zero-order valence-electron chi connectivity index (χ0n) is 12.7. The molecule has 0 spiro atoms. The third-order valence-electron chi connectivity index (χ3n) is 5.72. The highest BCUT2D eigenvalue weighted by Gasteiger charge is 2.44. The van der Waals surface area contributed by atoms with Gasteiger partial charge in [-0.15, -0.1) is 0 Å². The Labute approximate surface area is 124 Å². The molecule has 3 rings (SSSR count). The molecule has 3 atom stereocenters. The lowest BCUT2D eigenvalue weighted by molar-refractivity contribution is -0.177. The summed E-state index contributed by atoms with van der Waals surface area (Å²) in [5, 5.41) is 2.96. The average molecular weight is 305 g/mol. The van der Waals surface area contributed by atoms with E-state index >= 15 is 0 Å². The molecule has 0 aromatic heterocycles. The summed E-state index contributed by atoms with van der Waals surface area (Å²) in [5.41, 5.74) is 0. The topological polar surface area (TPSA) is 18.5 Å². The molecule has 122 valence electrons. The van der Waals surface area contributed by atoms with E-state index in [2.05, 4.69) is 22.2 Å². The molecule has 3 aliphatic heterocycles. The summed E-state index contributed by atoms with van der Waals surface area (Å²) in [7, 11) is 2.19. The Bertz CT molecular complexity index is 347. The van der Waals surface area contributed by atoms with Crippen LogP contribution < -0.4 is 5.32 Å². The third-order valence-corrected chi connectivity index (χ3v) is 5.72. The first-order chi connectivity index (χ1) is 9.95. The molecule has 3 nitrogen and oxygen atoms in total. The minimum atomic E-state index is -4.09. The fraction of sp³-hybridized carbons (Fsp3) is 1.00. The van der Waals surface area contributed by atoms with Crippen molar-refractivity contribution in [3.63, 3.8) is 0 Å². The Balaban J connectivity index is 1.68. The van der Waals surface area contributed by atoms with Crippen molar-refractivity contribution in [1.82, 2.24) is 15.1 Å². The molecular weight excluding hydrogens is 279 g/mol. The Hall–Kier alpha value is -0.330. The Morgan fingerprint density at radius 1 is 1.05 bits per heavy atom. The maximum atomic E-state index is 13.1. The summed E-state index contributed by atoms with van der Waals surface area (Å²) < 4.78 is 39.2. The van der Waals surface area contributed by atoms with Gasteiger partial charge in [-0.3, -0.25) is 4.90 Å². The van der Waals surface area contributed by atoms with Gasteiger partial charge in [0.05, 0.1) is 5.92 Å². The van der Waals surface area contributed by atoms with Crippen molar-refractivity contribution >= 4 is 0 Å². The maximum Gasteiger partial charge on any atom is 0.394 e. The third kappa shape index (κ3) is 3.37. The zero-order chi connectivity index (χ0) is 15.0. The smallest absolute Gasteiger partial charge is 0.315 e. The van der Waals surface area contributed by atoms with Crippen molar-refractivity contribution in [3.05, 3.63) is 0 Å². The largest absolute Gasteiger partial charge is 0.394 e. The molecule has 3 unspecified atom stereocenters. The predicted molar refractivity (Wildman–Crippen MR) is 76.2 cm³/mol. The van der Waals surface area contributed by atoms with E-state index in [1.165, 1.54) is 19.3 Å². The lowest BCUT2D eigenvalue weighted by Crippen LogP contribution is -2.56. The predicted octanol–water partition coefficient (Wildman–Crippen LogP) is 2.09. The minimum Gasteiger partial charge on any atom is -0.315 e. The highest BCUT2D eigenvalue weighted by atomic mass is 19.4. The SMILES string of the molecule is CN1C2CCCC1CC(N1CCNCC(C(F)(F)F)C1)C2. The first-order valence-corrected chi connectivity index (χ1v) is 8.18. The van der Waals surface area contributed by atoms with Gasteiger partial charge in [-0.05, 0) is 32.7 Å². The van der Waals surface area contributed by atoms with Crippen LogP contribution in [0.25, 0.3) is 0 Å². The van der Waals surface area contributed by atoms with Gasteiger partial charge >= 0.3 is 6.18 Å². The standard InChI is InChI=1S/C15H26F3N3/c1-20-12-3-2-4-13(20)8-14(7-12)21-6-5-19-9-11(10-21)15(16,17)18/h11-14,19H,2-10H2,1H3. The minimum absolute atomic E-state index is 0.0689. The van der Waals surface area contributed by atoms with Gasteiger partial charge in [0, 0.05) is 44.3 Å². The first kappa shape index (κ1) is 15.6. The zero-order valence-corrected chi connectivity index (χ0v) is 12.7. The van der Waals surface area contributed by atoms with E-state index < -0.39 is 12.1 Å². The van der Waals surface area contributed by atoms with E-state index in [1.54, 1.807) is 0 Å². The molecule has 0 aromatic carbocycles. The molecule has 2 bridgehead atoms. The van der Waals surface area contributed by atoms with Gasteiger partial charge in [0.25, 0.3) is 0 Å². The van der Waals surface area contributed by atoms with Crippen molar-refractivity contribution in [2.24, 2.45) is 5.92 Å². The summed E-state index contributed by atoms with van der Waals surface area (Å²) in [4.78, 5) is 4.59. The maximum absolute atomic E-state index is 13.1. The normalized spacial score (nSPS) is 40.0. The first-order valence-electron chi connectivity index (χ1n) is 8.18. The molecule has 3 aliphatic rings. The number of nitrogens with one attached hydrogen (secondary N) is 1. The molecule has 0 saturated carbocycles. The number of nitrogens with zero attached hydrogens (tertiary/aromatic N) is 2. The van der Waals surface area contributed by atoms with Gasteiger partial charge in [-0.2, -0.15) is 13.2 Å². The van der Waals surface area contributed by atoms with E-state index in [9.17, 15) is 13.2 Å². The van der Waals surface area contributed by atoms with Gasteiger partial charge in [0.2, 0.25) is 0 Å². The van der Waals surface area contributed by atoms with Gasteiger partial charge in [-0.25, -0.2) is 0 Å². The van der Waals surface area contributed by atoms with Gasteiger partial charge in [0.15, 0.2) is 0 Å². The second-order valence-electron chi connectivity index (χ2n) is 6.97. The quantitative estimate of drug-likeness (QED) is 0.800. The van der Waals surface area contributed by atoms with Crippen LogP contribution in [0.15, 0.2) is 0 Å². The highest BCUT2D eigenvalue weighted by Crippen LogP contribution is 2.36. The van der Waals surface area contributed by atoms with Crippen LogP contribution in [0.1, 0.15) is 32.1 Å². The van der Waals surface area contributed by atoms with E-state index in [0.717, 1.165) is 19.4 Å². The number of hydrogen-bond acceptors (Lipinski definition) is 3. The number of hydrogen-bond donors (Lipinski definition) is 1. The van der Waals surface area contributed by atoms with Crippen LogP contribution >= 0.6 is 0 Å². The summed E-state index contributed by atoms with van der Waals surface area (Å²) in [6.45, 7) is 1.67. The van der Waals surface area contributed by atoms with E-state index in [0.29, 0.717) is 24.7 Å². The van der Waals surface area contributed by atoms with Crippen LogP contribution in [-0.2, 0) is 0 Å². The summed E-state index contributed by atoms with van der Waals surface area (Å²) in [6, 6.07) is 1.48. The number of alkyl halides is 3. The number of piperidine rings is 2. The number of fused-ring (bicyclic) bond motifs is 2. The van der Waals surface area contributed by atoms with E-state index in [-0.39, 0.29) is 13.1 Å². The highest BCUT2D eigenvalue weighted by molar-refractivity contribution is 4.95. The Kier molecular flexibility index (Phi) is 4.48. The summed E-state index contributed by atoms with van der Waals surface area (Å²) in [5.74, 6) is -1.22. The van der Waals surface area contributed by atoms with E-state index in [1.807, 2.05) is 0 Å².